The van der Waals surface area contributed by atoms with Crippen LogP contribution in [0.25, 0.3) is 23.3 Å². The zero-order valence-electron chi connectivity index (χ0n) is 22.1. The summed E-state index contributed by atoms with van der Waals surface area (Å²) in [4.78, 5) is 0. The predicted octanol–water partition coefficient (Wildman–Crippen LogP) is 10.5. The summed E-state index contributed by atoms with van der Waals surface area (Å²) in [6.45, 7) is 11.6. The van der Waals surface area contributed by atoms with Gasteiger partial charge < -0.3 is 0 Å². The third-order valence-corrected chi connectivity index (χ3v) is 61.0. The summed E-state index contributed by atoms with van der Waals surface area (Å²) in [7, 11) is 16.4. The molecule has 2 aliphatic rings. The molecule has 0 fully saturated rings. The number of hydrogen-bond acceptors (Lipinski definition) is 0. The fourth-order valence-electron chi connectivity index (χ4n) is 6.50. The van der Waals surface area contributed by atoms with Gasteiger partial charge in [0.15, 0.2) is 0 Å². The average Bonchev–Trinajstić information content (AvgIpc) is 3.51. The summed E-state index contributed by atoms with van der Waals surface area (Å²) in [6, 6.07) is 24.7. The van der Waals surface area contributed by atoms with E-state index >= 15 is 0 Å². The van der Waals surface area contributed by atoms with Crippen LogP contribution in [0, 0.1) is 0 Å². The van der Waals surface area contributed by atoms with Gasteiger partial charge in [0.2, 0.25) is 0 Å². The second-order valence-corrected chi connectivity index (χ2v) is 53.7. The first kappa shape index (κ1) is 26.4. The minimum absolute atomic E-state index is 0.168. The van der Waals surface area contributed by atoms with Crippen molar-refractivity contribution >= 4 is 35.1 Å². The predicted molar refractivity (Wildman–Crippen MR) is 160 cm³/mol. The summed E-state index contributed by atoms with van der Waals surface area (Å²) in [5, 5.41) is 0. The molecule has 0 bridgehead atoms. The van der Waals surface area contributed by atoms with Crippen LogP contribution in [-0.4, -0.2) is 5.92 Å². The van der Waals surface area contributed by atoms with Crippen LogP contribution in [-0.2, 0) is 15.6 Å². The van der Waals surface area contributed by atoms with Gasteiger partial charge in [-0.15, -0.1) is 0 Å². The Bertz CT molecular complexity index is 1350. The van der Waals surface area contributed by atoms with Crippen molar-refractivity contribution in [3.8, 4) is 11.1 Å². The summed E-state index contributed by atoms with van der Waals surface area (Å²) in [6.07, 6.45) is 9.19. The van der Waals surface area contributed by atoms with Crippen LogP contribution in [0.2, 0.25) is 13.1 Å². The second-order valence-electron chi connectivity index (χ2n) is 11.1. The summed E-state index contributed by atoms with van der Waals surface area (Å²) >= 11 is -4.47. The number of rotatable bonds is 7. The van der Waals surface area contributed by atoms with Gasteiger partial charge in [-0.3, -0.25) is 0 Å². The summed E-state index contributed by atoms with van der Waals surface area (Å²) in [5.41, 5.74) is 10.7. The van der Waals surface area contributed by atoms with E-state index in [1.165, 1.54) is 44.5 Å². The van der Waals surface area contributed by atoms with Gasteiger partial charge in [0, 0.05) is 0 Å². The van der Waals surface area contributed by atoms with Gasteiger partial charge >= 0.3 is 228 Å². The Hall–Kier alpha value is -1.18. The van der Waals surface area contributed by atoms with E-state index in [9.17, 15) is 0 Å². The Kier molecular flexibility index (Phi) is 7.23. The molecule has 3 aromatic rings. The summed E-state index contributed by atoms with van der Waals surface area (Å²) < 4.78 is 0.337. The molecule has 0 aromatic heterocycles. The number of benzene rings is 3. The maximum atomic E-state index is 8.19. The molecule has 0 spiro atoms. The Balaban J connectivity index is 1.67. The quantitative estimate of drug-likeness (QED) is 0.233. The normalized spacial score (nSPS) is 20.6. The molecule has 0 saturated heterocycles. The fourth-order valence-corrected chi connectivity index (χ4v) is 36.1. The van der Waals surface area contributed by atoms with Gasteiger partial charge in [-0.05, 0) is 0 Å². The minimum atomic E-state index is -4.47. The molecule has 3 unspecified atom stereocenters. The van der Waals surface area contributed by atoms with E-state index in [1.54, 1.807) is 0 Å². The van der Waals surface area contributed by atoms with Gasteiger partial charge in [-0.25, -0.2) is 0 Å². The molecule has 4 heteroatoms. The van der Waals surface area contributed by atoms with Crippen molar-refractivity contribution in [3.63, 3.8) is 0 Å². The van der Waals surface area contributed by atoms with Crippen LogP contribution < -0.4 is 0 Å². The molecular formula is C32H37Cl2SiZr. The van der Waals surface area contributed by atoms with Crippen LogP contribution in [0.5, 0.6) is 0 Å². The molecule has 0 nitrogen and oxygen atoms in total. The topological polar surface area (TPSA) is 0 Å². The molecule has 36 heavy (non-hydrogen) atoms. The van der Waals surface area contributed by atoms with Crippen molar-refractivity contribution in [2.45, 2.75) is 59.9 Å². The van der Waals surface area contributed by atoms with E-state index in [0.717, 1.165) is 12.8 Å². The van der Waals surface area contributed by atoms with Gasteiger partial charge in [0.25, 0.3) is 0 Å². The maximum absolute atomic E-state index is 8.19. The zero-order chi connectivity index (χ0) is 25.7. The standard InChI is InChI=1S/C21H23.C9H7.C2H7Si.2ClH.Zr/c1-4-15(3)17-9-11-18(12-10-17)20-8-6-7-19-13-16(5-2)14-21(19)20;1-2-5-9-7-3-6-8(9)4-1;1-3-2;;;/h6-15H,4-5H2,1-3H3;1-7H;3H,1-2H3;2*1H;/q;;;;;+2/p-2. The summed E-state index contributed by atoms with van der Waals surface area (Å²) in [5.74, 6) is -0.874. The zero-order valence-corrected chi connectivity index (χ0v) is 27.2. The Morgan fingerprint density at radius 2 is 1.58 bits per heavy atom. The van der Waals surface area contributed by atoms with Crippen molar-refractivity contribution in [2.75, 3.05) is 0 Å². The van der Waals surface area contributed by atoms with Crippen molar-refractivity contribution in [1.82, 2.24) is 0 Å². The fraction of sp³-hybridized carbons (Fsp3) is 0.312. The van der Waals surface area contributed by atoms with Gasteiger partial charge in [0.05, 0.1) is 0 Å². The Morgan fingerprint density at radius 3 is 2.25 bits per heavy atom. The average molecular weight is 612 g/mol. The monoisotopic (exact) mass is 609 g/mol. The SMILES string of the molecule is CCC1=Cc2c(-c3ccc(C(C)CC)cc3)cccc2[CH]1[Zr]([Cl])([Cl])([CH]1C=Cc2ccccc21)[SiH](C)C. The van der Waals surface area contributed by atoms with E-state index < -0.39 is 21.5 Å². The number of fused-ring (bicyclic) bond motifs is 2. The molecule has 0 radical (unpaired) electrons. The molecule has 2 aliphatic carbocycles. The first-order valence-corrected chi connectivity index (χ1v) is 29.8. The van der Waals surface area contributed by atoms with Gasteiger partial charge in [0.1, 0.15) is 0 Å². The van der Waals surface area contributed by atoms with E-state index in [4.69, 9.17) is 17.0 Å². The van der Waals surface area contributed by atoms with Gasteiger partial charge in [-0.2, -0.15) is 0 Å². The molecule has 0 N–H and O–H groups in total. The van der Waals surface area contributed by atoms with Crippen LogP contribution in [0.1, 0.15) is 74.6 Å². The first-order chi connectivity index (χ1) is 17.2. The molecule has 187 valence electrons. The van der Waals surface area contributed by atoms with Crippen LogP contribution in [0.15, 0.2) is 78.4 Å². The van der Waals surface area contributed by atoms with Crippen molar-refractivity contribution < 1.29 is 15.6 Å². The molecule has 0 amide bonds. The van der Waals surface area contributed by atoms with E-state index in [2.05, 4.69) is 119 Å². The molecule has 0 heterocycles. The van der Waals surface area contributed by atoms with Crippen LogP contribution in [0.3, 0.4) is 0 Å². The second kappa shape index (κ2) is 9.85. The Labute approximate surface area is 226 Å². The molecule has 3 atom stereocenters. The first-order valence-electron chi connectivity index (χ1n) is 13.5. The number of halogens is 2. The molecule has 5 rings (SSSR count). The molecule has 3 aromatic carbocycles. The van der Waals surface area contributed by atoms with E-state index in [1.807, 2.05) is 0 Å². The number of hydrogen-bond donors (Lipinski definition) is 0. The number of allylic oxidation sites excluding steroid dienone is 2. The van der Waals surface area contributed by atoms with Crippen molar-refractivity contribution in [3.05, 3.63) is 106 Å². The molecular weight excluding hydrogens is 575 g/mol. The van der Waals surface area contributed by atoms with Crippen LogP contribution >= 0.6 is 17.0 Å². The van der Waals surface area contributed by atoms with Crippen molar-refractivity contribution in [1.29, 1.82) is 0 Å². The third kappa shape index (κ3) is 4.03. The van der Waals surface area contributed by atoms with E-state index in [0.29, 0.717) is 5.92 Å². The van der Waals surface area contributed by atoms with Crippen LogP contribution in [0.4, 0.5) is 0 Å². The van der Waals surface area contributed by atoms with E-state index in [-0.39, 0.29) is 7.25 Å². The third-order valence-electron chi connectivity index (χ3n) is 9.01. The Morgan fingerprint density at radius 1 is 0.889 bits per heavy atom. The molecule has 0 saturated carbocycles. The van der Waals surface area contributed by atoms with Gasteiger partial charge in [-0.1, -0.05) is 0 Å². The van der Waals surface area contributed by atoms with Crippen molar-refractivity contribution in [2.24, 2.45) is 0 Å². The molecule has 0 aliphatic heterocycles.